The van der Waals surface area contributed by atoms with Gasteiger partial charge in [0.05, 0.1) is 0 Å². The molecule has 0 saturated carbocycles. The number of carbonyl (C=O) groups excluding carboxylic acids is 2. The number of likely N-dealkylation sites (tertiary alicyclic amines) is 1. The number of amides is 2. The molecule has 5 heteroatoms. The van der Waals surface area contributed by atoms with Crippen molar-refractivity contribution in [3.63, 3.8) is 0 Å². The smallest absolute Gasteiger partial charge is 0.274 e. The van der Waals surface area contributed by atoms with Crippen LogP contribution in [0.15, 0.2) is 42.6 Å². The number of rotatable bonds is 4. The van der Waals surface area contributed by atoms with Gasteiger partial charge in [0.15, 0.2) is 0 Å². The van der Waals surface area contributed by atoms with Crippen molar-refractivity contribution in [1.29, 1.82) is 0 Å². The number of hydrogen-bond acceptors (Lipinski definition) is 3. The third-order valence-corrected chi connectivity index (χ3v) is 5.14. The molecular formula is C22H27N3O2. The molecular weight excluding hydrogens is 338 g/mol. The predicted octanol–water partition coefficient (Wildman–Crippen LogP) is 4.33. The van der Waals surface area contributed by atoms with Gasteiger partial charge < -0.3 is 10.2 Å². The van der Waals surface area contributed by atoms with Crippen LogP contribution in [-0.4, -0.2) is 34.8 Å². The van der Waals surface area contributed by atoms with E-state index in [0.29, 0.717) is 17.4 Å². The summed E-state index contributed by atoms with van der Waals surface area (Å²) in [5.74, 6) is 0.628. The Balaban J connectivity index is 1.75. The fraction of sp³-hybridized carbons (Fsp3) is 0.409. The zero-order valence-corrected chi connectivity index (χ0v) is 16.2. The molecule has 0 atom stereocenters. The summed E-state index contributed by atoms with van der Waals surface area (Å²) in [7, 11) is 0. The summed E-state index contributed by atoms with van der Waals surface area (Å²) in [5.41, 5.74) is 2.62. The predicted molar refractivity (Wildman–Crippen MR) is 107 cm³/mol. The average Bonchev–Trinajstić information content (AvgIpc) is 2.68. The second-order valence-corrected chi connectivity index (χ2v) is 7.60. The van der Waals surface area contributed by atoms with E-state index in [1.165, 1.54) is 6.20 Å². The van der Waals surface area contributed by atoms with Crippen molar-refractivity contribution in [2.24, 2.45) is 5.92 Å². The number of carbonyl (C=O) groups is 2. The van der Waals surface area contributed by atoms with Crippen LogP contribution < -0.4 is 5.32 Å². The SMILES string of the molecule is CC1CCN(C(=O)c2ccnc(C(=O)Nc3ccccc3C(C)C)c2)CC1. The van der Waals surface area contributed by atoms with Crippen molar-refractivity contribution in [1.82, 2.24) is 9.88 Å². The van der Waals surface area contributed by atoms with Crippen LogP contribution in [0.1, 0.15) is 65.9 Å². The van der Waals surface area contributed by atoms with E-state index in [9.17, 15) is 9.59 Å². The zero-order valence-electron chi connectivity index (χ0n) is 16.2. The first-order chi connectivity index (χ1) is 13.0. The molecule has 2 aromatic rings. The molecule has 27 heavy (non-hydrogen) atoms. The zero-order chi connectivity index (χ0) is 19.4. The van der Waals surface area contributed by atoms with Crippen molar-refractivity contribution in [3.8, 4) is 0 Å². The van der Waals surface area contributed by atoms with Crippen molar-refractivity contribution in [2.75, 3.05) is 18.4 Å². The summed E-state index contributed by atoms with van der Waals surface area (Å²) < 4.78 is 0. The number of hydrogen-bond donors (Lipinski definition) is 1. The van der Waals surface area contributed by atoms with Crippen LogP contribution in [0.5, 0.6) is 0 Å². The highest BCUT2D eigenvalue weighted by atomic mass is 16.2. The second-order valence-electron chi connectivity index (χ2n) is 7.60. The van der Waals surface area contributed by atoms with Crippen LogP contribution >= 0.6 is 0 Å². The molecule has 0 unspecified atom stereocenters. The number of nitrogens with zero attached hydrogens (tertiary/aromatic N) is 2. The molecule has 1 saturated heterocycles. The van der Waals surface area contributed by atoms with Crippen LogP contribution in [0, 0.1) is 5.92 Å². The van der Waals surface area contributed by atoms with Gasteiger partial charge in [0.1, 0.15) is 5.69 Å². The van der Waals surface area contributed by atoms with Crippen molar-refractivity contribution < 1.29 is 9.59 Å². The average molecular weight is 365 g/mol. The molecule has 0 radical (unpaired) electrons. The third kappa shape index (κ3) is 4.54. The molecule has 1 N–H and O–H groups in total. The highest BCUT2D eigenvalue weighted by Gasteiger charge is 2.22. The van der Waals surface area contributed by atoms with Gasteiger partial charge >= 0.3 is 0 Å². The molecule has 2 amide bonds. The van der Waals surface area contributed by atoms with Gasteiger partial charge in [0.2, 0.25) is 0 Å². The van der Waals surface area contributed by atoms with E-state index >= 15 is 0 Å². The molecule has 142 valence electrons. The van der Waals surface area contributed by atoms with Gasteiger partial charge in [-0.3, -0.25) is 14.6 Å². The Morgan fingerprint density at radius 2 is 1.85 bits per heavy atom. The van der Waals surface area contributed by atoms with Crippen molar-refractivity contribution >= 4 is 17.5 Å². The quantitative estimate of drug-likeness (QED) is 0.877. The van der Waals surface area contributed by atoms with Crippen LogP contribution in [0.3, 0.4) is 0 Å². The van der Waals surface area contributed by atoms with E-state index in [2.05, 4.69) is 31.1 Å². The monoisotopic (exact) mass is 365 g/mol. The first kappa shape index (κ1) is 19.1. The standard InChI is InChI=1S/C22H27N3O2/c1-15(2)18-6-4-5-7-19(18)24-21(26)20-14-17(8-11-23-20)22(27)25-12-9-16(3)10-13-25/h4-8,11,14-16H,9-10,12-13H2,1-3H3,(H,24,26). The first-order valence-electron chi connectivity index (χ1n) is 9.61. The summed E-state index contributed by atoms with van der Waals surface area (Å²) in [6.07, 6.45) is 3.58. The van der Waals surface area contributed by atoms with Gasteiger partial charge in [-0.15, -0.1) is 0 Å². The molecule has 0 spiro atoms. The largest absolute Gasteiger partial charge is 0.339 e. The van der Waals surface area contributed by atoms with E-state index in [-0.39, 0.29) is 17.5 Å². The van der Waals surface area contributed by atoms with Crippen molar-refractivity contribution in [3.05, 3.63) is 59.4 Å². The molecule has 0 aliphatic carbocycles. The Bertz CT molecular complexity index is 824. The highest BCUT2D eigenvalue weighted by molar-refractivity contribution is 6.05. The number of pyridine rings is 1. The number of aromatic nitrogens is 1. The highest BCUT2D eigenvalue weighted by Crippen LogP contribution is 2.24. The van der Waals surface area contributed by atoms with E-state index in [1.807, 2.05) is 29.2 Å². The summed E-state index contributed by atoms with van der Waals surface area (Å²) in [6.45, 7) is 7.92. The number of para-hydroxylation sites is 1. The lowest BCUT2D eigenvalue weighted by Gasteiger charge is -2.30. The maximum atomic E-state index is 12.7. The molecule has 1 fully saturated rings. The minimum Gasteiger partial charge on any atom is -0.339 e. The third-order valence-electron chi connectivity index (χ3n) is 5.14. The fourth-order valence-electron chi connectivity index (χ4n) is 3.38. The van der Waals surface area contributed by atoms with Crippen LogP contribution in [0.4, 0.5) is 5.69 Å². The number of benzene rings is 1. The lowest BCUT2D eigenvalue weighted by Crippen LogP contribution is -2.38. The molecule has 3 rings (SSSR count). The normalized spacial score (nSPS) is 15.0. The van der Waals surface area contributed by atoms with Crippen LogP contribution in [0.2, 0.25) is 0 Å². The topological polar surface area (TPSA) is 62.3 Å². The first-order valence-corrected chi connectivity index (χ1v) is 9.61. The Labute approximate surface area is 160 Å². The van der Waals surface area contributed by atoms with Gasteiger partial charge in [-0.25, -0.2) is 0 Å². The molecule has 5 nitrogen and oxygen atoms in total. The maximum Gasteiger partial charge on any atom is 0.274 e. The van der Waals surface area contributed by atoms with Gasteiger partial charge in [-0.05, 0) is 48.4 Å². The molecule has 1 aromatic carbocycles. The second kappa shape index (κ2) is 8.33. The summed E-state index contributed by atoms with van der Waals surface area (Å²) in [6, 6.07) is 11.0. The Kier molecular flexibility index (Phi) is 5.89. The lowest BCUT2D eigenvalue weighted by atomic mass is 9.98. The van der Waals surface area contributed by atoms with E-state index < -0.39 is 0 Å². The van der Waals surface area contributed by atoms with Gasteiger partial charge in [-0.2, -0.15) is 0 Å². The van der Waals surface area contributed by atoms with Gasteiger partial charge in [-0.1, -0.05) is 39.0 Å². The Hall–Kier alpha value is -2.69. The van der Waals surface area contributed by atoms with E-state index in [1.54, 1.807) is 12.1 Å². The molecule has 0 bridgehead atoms. The van der Waals surface area contributed by atoms with Crippen molar-refractivity contribution in [2.45, 2.75) is 39.5 Å². The molecule has 1 aliphatic rings. The summed E-state index contributed by atoms with van der Waals surface area (Å²) in [5, 5.41) is 2.93. The Morgan fingerprint density at radius 1 is 1.15 bits per heavy atom. The molecule has 1 aliphatic heterocycles. The van der Waals surface area contributed by atoms with Gasteiger partial charge in [0, 0.05) is 30.5 Å². The fourth-order valence-corrected chi connectivity index (χ4v) is 3.38. The van der Waals surface area contributed by atoms with E-state index in [4.69, 9.17) is 0 Å². The summed E-state index contributed by atoms with van der Waals surface area (Å²) in [4.78, 5) is 31.5. The molecule has 2 heterocycles. The number of piperidine rings is 1. The Morgan fingerprint density at radius 3 is 2.56 bits per heavy atom. The lowest BCUT2D eigenvalue weighted by molar-refractivity contribution is 0.0697. The maximum absolute atomic E-state index is 12.7. The number of nitrogens with one attached hydrogen (secondary N) is 1. The van der Waals surface area contributed by atoms with Crippen LogP contribution in [0.25, 0.3) is 0 Å². The van der Waals surface area contributed by atoms with Gasteiger partial charge in [0.25, 0.3) is 11.8 Å². The van der Waals surface area contributed by atoms with Crippen LogP contribution in [-0.2, 0) is 0 Å². The summed E-state index contributed by atoms with van der Waals surface area (Å²) >= 11 is 0. The molecule has 1 aromatic heterocycles. The number of anilines is 1. The minimum absolute atomic E-state index is 0.0269. The van der Waals surface area contributed by atoms with E-state index in [0.717, 1.165) is 37.2 Å². The minimum atomic E-state index is -0.301.